The molecule has 22 heavy (non-hydrogen) atoms. The zero-order valence-electron chi connectivity index (χ0n) is 11.3. The summed E-state index contributed by atoms with van der Waals surface area (Å²) in [6, 6.07) is 11.3. The van der Waals surface area contributed by atoms with Crippen LogP contribution < -0.4 is 5.32 Å². The molecule has 110 valence electrons. The van der Waals surface area contributed by atoms with E-state index in [4.69, 9.17) is 4.42 Å². The Hall–Kier alpha value is -2.18. The van der Waals surface area contributed by atoms with Crippen LogP contribution in [0.1, 0.15) is 4.88 Å². The van der Waals surface area contributed by atoms with Crippen LogP contribution in [0.15, 0.2) is 63.3 Å². The van der Waals surface area contributed by atoms with Gasteiger partial charge in [0.05, 0.1) is 9.98 Å². The summed E-state index contributed by atoms with van der Waals surface area (Å²) in [5.74, 6) is 0.481. The summed E-state index contributed by atoms with van der Waals surface area (Å²) in [6.07, 6.45) is 6.31. The second-order valence-electron chi connectivity index (χ2n) is 4.41. The van der Waals surface area contributed by atoms with Gasteiger partial charge in [0.15, 0.2) is 12.2 Å². The Morgan fingerprint density at radius 1 is 1.32 bits per heavy atom. The van der Waals surface area contributed by atoms with Gasteiger partial charge < -0.3 is 9.73 Å². The maximum Gasteiger partial charge on any atom is 0.248 e. The molecule has 1 N–H and O–H groups in total. The van der Waals surface area contributed by atoms with Crippen LogP contribution in [0, 0.1) is 0 Å². The van der Waals surface area contributed by atoms with E-state index in [1.54, 1.807) is 23.6 Å². The zero-order chi connectivity index (χ0) is 15.4. The van der Waals surface area contributed by atoms with Crippen LogP contribution in [0.2, 0.25) is 0 Å². The Kier molecular flexibility index (Phi) is 4.50. The normalized spacial score (nSPS) is 11.0. The standard InChI is InChI=1S/C16H11BrN2O2S/c17-15-6-4-13(22-15)5-7-16(20)19-12-3-1-2-11(8-12)14-9-18-10-21-14/h1-10H,(H,19,20)/b7-5-. The number of aromatic nitrogens is 1. The predicted molar refractivity (Wildman–Crippen MR) is 91.6 cm³/mol. The average Bonchev–Trinajstić information content (AvgIpc) is 3.17. The molecule has 0 aliphatic rings. The molecule has 0 atom stereocenters. The van der Waals surface area contributed by atoms with Crippen LogP contribution in [0.4, 0.5) is 5.69 Å². The average molecular weight is 375 g/mol. The van der Waals surface area contributed by atoms with Crippen molar-refractivity contribution in [3.63, 3.8) is 0 Å². The van der Waals surface area contributed by atoms with E-state index in [0.717, 1.165) is 14.2 Å². The molecule has 4 nitrogen and oxygen atoms in total. The van der Waals surface area contributed by atoms with E-state index in [1.165, 1.54) is 12.5 Å². The van der Waals surface area contributed by atoms with Crippen molar-refractivity contribution in [2.75, 3.05) is 5.32 Å². The number of nitrogens with zero attached hydrogens (tertiary/aromatic N) is 1. The van der Waals surface area contributed by atoms with Crippen molar-refractivity contribution in [3.8, 4) is 11.3 Å². The number of thiophene rings is 1. The first-order valence-electron chi connectivity index (χ1n) is 6.44. The minimum absolute atomic E-state index is 0.181. The number of carbonyl (C=O) groups is 1. The number of rotatable bonds is 4. The summed E-state index contributed by atoms with van der Waals surface area (Å²) >= 11 is 4.96. The van der Waals surface area contributed by atoms with Gasteiger partial charge in [-0.25, -0.2) is 4.98 Å². The number of hydrogen-bond donors (Lipinski definition) is 1. The van der Waals surface area contributed by atoms with Crippen LogP contribution in [0.25, 0.3) is 17.4 Å². The van der Waals surface area contributed by atoms with Crippen molar-refractivity contribution < 1.29 is 9.21 Å². The van der Waals surface area contributed by atoms with Gasteiger partial charge in [0.25, 0.3) is 0 Å². The van der Waals surface area contributed by atoms with Gasteiger partial charge in [-0.15, -0.1) is 11.3 Å². The summed E-state index contributed by atoms with van der Waals surface area (Å²) < 4.78 is 6.28. The van der Waals surface area contributed by atoms with Gasteiger partial charge in [0, 0.05) is 22.2 Å². The monoisotopic (exact) mass is 374 g/mol. The molecule has 1 amide bonds. The van der Waals surface area contributed by atoms with Crippen LogP contribution >= 0.6 is 27.3 Å². The van der Waals surface area contributed by atoms with Crippen molar-refractivity contribution in [2.45, 2.75) is 0 Å². The van der Waals surface area contributed by atoms with Gasteiger partial charge >= 0.3 is 0 Å². The SMILES string of the molecule is O=C(/C=C\c1ccc(Br)s1)Nc1cccc(-c2cnco2)c1. The van der Waals surface area contributed by atoms with Crippen molar-refractivity contribution in [1.82, 2.24) is 4.98 Å². The number of oxazole rings is 1. The van der Waals surface area contributed by atoms with E-state index >= 15 is 0 Å². The van der Waals surface area contributed by atoms with Crippen molar-refractivity contribution in [3.05, 3.63) is 63.7 Å². The molecule has 0 spiro atoms. The fourth-order valence-electron chi connectivity index (χ4n) is 1.87. The lowest BCUT2D eigenvalue weighted by atomic mass is 10.1. The Labute approximate surface area is 139 Å². The largest absolute Gasteiger partial charge is 0.444 e. The predicted octanol–water partition coefficient (Wildman–Crippen LogP) is 4.82. The number of halogens is 1. The second kappa shape index (κ2) is 6.72. The van der Waals surface area contributed by atoms with E-state index in [-0.39, 0.29) is 5.91 Å². The Morgan fingerprint density at radius 2 is 2.23 bits per heavy atom. The molecule has 6 heteroatoms. The quantitative estimate of drug-likeness (QED) is 0.666. The fourth-order valence-corrected chi connectivity index (χ4v) is 3.19. The van der Waals surface area contributed by atoms with E-state index in [0.29, 0.717) is 11.4 Å². The lowest BCUT2D eigenvalue weighted by Gasteiger charge is -2.03. The van der Waals surface area contributed by atoms with Gasteiger partial charge in [-0.3, -0.25) is 4.79 Å². The van der Waals surface area contributed by atoms with Crippen molar-refractivity contribution in [1.29, 1.82) is 0 Å². The highest BCUT2D eigenvalue weighted by molar-refractivity contribution is 9.11. The maximum atomic E-state index is 11.9. The Balaban J connectivity index is 1.69. The van der Waals surface area contributed by atoms with Gasteiger partial charge in [0.2, 0.25) is 5.91 Å². The molecule has 3 aromatic rings. The fraction of sp³-hybridized carbons (Fsp3) is 0. The molecule has 2 heterocycles. The van der Waals surface area contributed by atoms with Crippen LogP contribution in [-0.4, -0.2) is 10.9 Å². The third-order valence-corrected chi connectivity index (χ3v) is 4.43. The van der Waals surface area contributed by atoms with Gasteiger partial charge in [-0.2, -0.15) is 0 Å². The Bertz CT molecular complexity index is 809. The molecule has 2 aromatic heterocycles. The maximum absolute atomic E-state index is 11.9. The molecule has 0 aliphatic carbocycles. The number of carbonyl (C=O) groups excluding carboxylic acids is 1. The smallest absolute Gasteiger partial charge is 0.248 e. The number of anilines is 1. The third kappa shape index (κ3) is 3.72. The van der Waals surface area contributed by atoms with Crippen molar-refractivity contribution in [2.24, 2.45) is 0 Å². The minimum atomic E-state index is -0.181. The second-order valence-corrected chi connectivity index (χ2v) is 6.91. The van der Waals surface area contributed by atoms with Gasteiger partial charge in [0.1, 0.15) is 0 Å². The highest BCUT2D eigenvalue weighted by Gasteiger charge is 2.04. The zero-order valence-corrected chi connectivity index (χ0v) is 13.7. The first-order chi connectivity index (χ1) is 10.7. The van der Waals surface area contributed by atoms with Crippen LogP contribution in [0.5, 0.6) is 0 Å². The van der Waals surface area contributed by atoms with E-state index < -0.39 is 0 Å². The van der Waals surface area contributed by atoms with E-state index in [1.807, 2.05) is 36.4 Å². The molecular weight excluding hydrogens is 364 g/mol. The highest BCUT2D eigenvalue weighted by atomic mass is 79.9. The van der Waals surface area contributed by atoms with Gasteiger partial charge in [-0.05, 0) is 46.3 Å². The first kappa shape index (κ1) is 14.7. The molecule has 0 bridgehead atoms. The van der Waals surface area contributed by atoms with E-state index in [2.05, 4.69) is 26.2 Å². The summed E-state index contributed by atoms with van der Waals surface area (Å²) in [5, 5.41) is 2.83. The Morgan fingerprint density at radius 3 is 2.95 bits per heavy atom. The number of amides is 1. The lowest BCUT2D eigenvalue weighted by Crippen LogP contribution is -2.07. The molecule has 0 saturated carbocycles. The molecule has 0 saturated heterocycles. The highest BCUT2D eigenvalue weighted by Crippen LogP contribution is 2.24. The third-order valence-electron chi connectivity index (χ3n) is 2.84. The van der Waals surface area contributed by atoms with Crippen LogP contribution in [-0.2, 0) is 4.79 Å². The minimum Gasteiger partial charge on any atom is -0.444 e. The van der Waals surface area contributed by atoms with Crippen LogP contribution in [0.3, 0.4) is 0 Å². The molecule has 0 aliphatic heterocycles. The summed E-state index contributed by atoms with van der Waals surface area (Å²) in [4.78, 5) is 16.8. The topological polar surface area (TPSA) is 55.1 Å². The summed E-state index contributed by atoms with van der Waals surface area (Å²) in [5.41, 5.74) is 1.57. The summed E-state index contributed by atoms with van der Waals surface area (Å²) in [7, 11) is 0. The van der Waals surface area contributed by atoms with Crippen molar-refractivity contribution >= 4 is 44.9 Å². The molecule has 0 unspecified atom stereocenters. The summed E-state index contributed by atoms with van der Waals surface area (Å²) in [6.45, 7) is 0. The molecule has 0 radical (unpaired) electrons. The number of benzene rings is 1. The molecule has 3 rings (SSSR count). The number of hydrogen-bond acceptors (Lipinski definition) is 4. The van der Waals surface area contributed by atoms with Gasteiger partial charge in [-0.1, -0.05) is 12.1 Å². The molecular formula is C16H11BrN2O2S. The first-order valence-corrected chi connectivity index (χ1v) is 8.05. The van der Waals surface area contributed by atoms with E-state index in [9.17, 15) is 4.79 Å². The molecule has 0 fully saturated rings. The lowest BCUT2D eigenvalue weighted by molar-refractivity contribution is -0.111. The number of nitrogens with one attached hydrogen (secondary N) is 1. The molecule has 1 aromatic carbocycles.